The number of likely N-dealkylation sites (tertiary alicyclic amines) is 1. The van der Waals surface area contributed by atoms with Crippen LogP contribution in [0.1, 0.15) is 25.3 Å². The molecule has 7 nitrogen and oxygen atoms in total. The molecule has 0 radical (unpaired) electrons. The molecule has 2 aliphatic heterocycles. The number of halogens is 1. The van der Waals surface area contributed by atoms with Crippen LogP contribution in [0.25, 0.3) is 11.0 Å². The number of aryl methyl sites for hydroxylation is 1. The number of imidazole rings is 1. The second-order valence-electron chi connectivity index (χ2n) is 8.11. The first kappa shape index (κ1) is 20.5. The number of anilines is 1. The summed E-state index contributed by atoms with van der Waals surface area (Å²) in [6.07, 6.45) is 4.60. The predicted octanol–water partition coefficient (Wildman–Crippen LogP) is 4.01. The zero-order chi connectivity index (χ0) is 21.5. The predicted molar refractivity (Wildman–Crippen MR) is 122 cm³/mol. The van der Waals surface area contributed by atoms with Gasteiger partial charge in [0.05, 0.1) is 17.1 Å². The second-order valence-corrected chi connectivity index (χ2v) is 9.53. The summed E-state index contributed by atoms with van der Waals surface area (Å²) in [6.45, 7) is 4.78. The number of hydrogen-bond acceptors (Lipinski definition) is 6. The van der Waals surface area contributed by atoms with Gasteiger partial charge in [-0.15, -0.1) is 0 Å². The van der Waals surface area contributed by atoms with Gasteiger partial charge in [-0.2, -0.15) is 0 Å². The molecule has 3 aromatic rings. The molecule has 0 aliphatic carbocycles. The van der Waals surface area contributed by atoms with E-state index >= 15 is 0 Å². The van der Waals surface area contributed by atoms with Crippen LogP contribution < -0.4 is 10.5 Å². The molecule has 0 saturated carbocycles. The van der Waals surface area contributed by atoms with Gasteiger partial charge < -0.3 is 19.9 Å². The Bertz CT molecular complexity index is 1160. The standard InChI is InChI=1S/C22H24ClN5O2S/c1-13(29)27-7-3-14(12-27)4-8-28-17-2-6-25-21(24)20(17)26-22(28)31-19-11-18-15(5-9-30-18)10-16(19)23/h2,6,10-11,14H,3-5,7-9,12H2,1H3,(H2,24,25). The Labute approximate surface area is 189 Å². The molecule has 1 fully saturated rings. The van der Waals surface area contributed by atoms with E-state index in [9.17, 15) is 4.79 Å². The molecule has 2 aliphatic rings. The van der Waals surface area contributed by atoms with Crippen LogP contribution in [-0.4, -0.2) is 45.0 Å². The minimum Gasteiger partial charge on any atom is -0.493 e. The summed E-state index contributed by atoms with van der Waals surface area (Å²) in [5.41, 5.74) is 8.93. The molecular weight excluding hydrogens is 434 g/mol. The van der Waals surface area contributed by atoms with Crippen molar-refractivity contribution in [3.8, 4) is 5.75 Å². The Hall–Kier alpha value is -2.45. The van der Waals surface area contributed by atoms with Gasteiger partial charge in [0.1, 0.15) is 11.3 Å². The molecule has 1 aromatic carbocycles. The molecule has 1 amide bonds. The summed E-state index contributed by atoms with van der Waals surface area (Å²) in [5, 5.41) is 1.53. The SMILES string of the molecule is CC(=O)N1CCC(CCn2c(Sc3cc4c(cc3Cl)CCO4)nc3c(N)nccc32)C1. The van der Waals surface area contributed by atoms with Crippen LogP contribution in [0.2, 0.25) is 5.02 Å². The van der Waals surface area contributed by atoms with Crippen molar-refractivity contribution in [2.24, 2.45) is 5.92 Å². The van der Waals surface area contributed by atoms with Crippen LogP contribution in [0, 0.1) is 5.92 Å². The fourth-order valence-corrected chi connectivity index (χ4v) is 5.62. The van der Waals surface area contributed by atoms with E-state index in [0.717, 1.165) is 65.8 Å². The molecule has 0 spiro atoms. The zero-order valence-electron chi connectivity index (χ0n) is 17.3. The lowest BCUT2D eigenvalue weighted by Crippen LogP contribution is -2.25. The van der Waals surface area contributed by atoms with E-state index in [1.807, 2.05) is 23.1 Å². The van der Waals surface area contributed by atoms with Gasteiger partial charge in [0.25, 0.3) is 0 Å². The number of nitrogens with two attached hydrogens (primary N) is 1. The second kappa shape index (κ2) is 8.24. The first-order valence-corrected chi connectivity index (χ1v) is 11.7. The number of ether oxygens (including phenoxy) is 1. The summed E-state index contributed by atoms with van der Waals surface area (Å²) in [5.74, 6) is 1.95. The number of amides is 1. The van der Waals surface area contributed by atoms with Gasteiger partial charge in [-0.05, 0) is 54.3 Å². The molecule has 1 saturated heterocycles. The number of rotatable bonds is 5. The highest BCUT2D eigenvalue weighted by atomic mass is 35.5. The summed E-state index contributed by atoms with van der Waals surface area (Å²) in [7, 11) is 0. The third kappa shape index (κ3) is 3.94. The number of aromatic nitrogens is 3. The van der Waals surface area contributed by atoms with Crippen molar-refractivity contribution in [3.05, 3.63) is 35.0 Å². The molecule has 9 heteroatoms. The topological polar surface area (TPSA) is 86.3 Å². The van der Waals surface area contributed by atoms with Crippen molar-refractivity contribution in [2.75, 3.05) is 25.4 Å². The molecule has 1 unspecified atom stereocenters. The molecule has 4 heterocycles. The minimum atomic E-state index is 0.152. The van der Waals surface area contributed by atoms with Crippen molar-refractivity contribution in [1.29, 1.82) is 0 Å². The van der Waals surface area contributed by atoms with Crippen molar-refractivity contribution < 1.29 is 9.53 Å². The van der Waals surface area contributed by atoms with E-state index in [1.165, 1.54) is 11.8 Å². The van der Waals surface area contributed by atoms with Crippen LogP contribution in [0.4, 0.5) is 5.82 Å². The van der Waals surface area contributed by atoms with Crippen LogP contribution in [0.15, 0.2) is 34.4 Å². The highest BCUT2D eigenvalue weighted by molar-refractivity contribution is 7.99. The average Bonchev–Trinajstić information content (AvgIpc) is 3.46. The van der Waals surface area contributed by atoms with Crippen LogP contribution >= 0.6 is 23.4 Å². The number of nitrogen functional groups attached to an aromatic ring is 1. The van der Waals surface area contributed by atoms with E-state index < -0.39 is 0 Å². The van der Waals surface area contributed by atoms with Crippen molar-refractivity contribution in [1.82, 2.24) is 19.4 Å². The molecule has 2 aromatic heterocycles. The quantitative estimate of drug-likeness (QED) is 0.622. The smallest absolute Gasteiger partial charge is 0.219 e. The third-order valence-electron chi connectivity index (χ3n) is 6.10. The highest BCUT2D eigenvalue weighted by Crippen LogP contribution is 2.40. The maximum atomic E-state index is 11.7. The van der Waals surface area contributed by atoms with Crippen LogP contribution in [-0.2, 0) is 17.8 Å². The Morgan fingerprint density at radius 1 is 1.42 bits per heavy atom. The maximum Gasteiger partial charge on any atom is 0.219 e. The van der Waals surface area contributed by atoms with E-state index in [-0.39, 0.29) is 5.91 Å². The van der Waals surface area contributed by atoms with Gasteiger partial charge in [-0.3, -0.25) is 4.79 Å². The van der Waals surface area contributed by atoms with Gasteiger partial charge in [-0.1, -0.05) is 11.6 Å². The van der Waals surface area contributed by atoms with Crippen LogP contribution in [0.3, 0.4) is 0 Å². The van der Waals surface area contributed by atoms with Crippen molar-refractivity contribution in [3.63, 3.8) is 0 Å². The Kier molecular flexibility index (Phi) is 5.44. The lowest BCUT2D eigenvalue weighted by molar-refractivity contribution is -0.127. The fourth-order valence-electron chi connectivity index (χ4n) is 4.36. The first-order valence-electron chi connectivity index (χ1n) is 10.5. The molecule has 31 heavy (non-hydrogen) atoms. The normalized spacial score (nSPS) is 17.9. The van der Waals surface area contributed by atoms with Crippen molar-refractivity contribution >= 4 is 46.1 Å². The monoisotopic (exact) mass is 457 g/mol. The number of pyridine rings is 1. The minimum absolute atomic E-state index is 0.152. The third-order valence-corrected chi connectivity index (χ3v) is 7.57. The number of carbonyl (C=O) groups excluding carboxylic acids is 1. The summed E-state index contributed by atoms with van der Waals surface area (Å²) >= 11 is 8.10. The Balaban J connectivity index is 1.44. The fraction of sp³-hybridized carbons (Fsp3) is 0.409. The van der Waals surface area contributed by atoms with E-state index in [2.05, 4.69) is 9.55 Å². The Morgan fingerprint density at radius 3 is 3.10 bits per heavy atom. The van der Waals surface area contributed by atoms with Crippen LogP contribution in [0.5, 0.6) is 5.75 Å². The van der Waals surface area contributed by atoms with Gasteiger partial charge in [-0.25, -0.2) is 9.97 Å². The number of carbonyl (C=O) groups is 1. The largest absolute Gasteiger partial charge is 0.493 e. The number of hydrogen-bond donors (Lipinski definition) is 1. The highest BCUT2D eigenvalue weighted by Gasteiger charge is 2.25. The van der Waals surface area contributed by atoms with Gasteiger partial charge in [0.15, 0.2) is 11.0 Å². The lowest BCUT2D eigenvalue weighted by atomic mass is 10.1. The molecule has 1 atom stereocenters. The van der Waals surface area contributed by atoms with Gasteiger partial charge in [0, 0.05) is 44.1 Å². The van der Waals surface area contributed by atoms with E-state index in [0.29, 0.717) is 28.9 Å². The Morgan fingerprint density at radius 2 is 2.29 bits per heavy atom. The molecule has 5 rings (SSSR count). The number of nitrogens with zero attached hydrogens (tertiary/aromatic N) is 4. The maximum absolute atomic E-state index is 11.7. The van der Waals surface area contributed by atoms with Crippen molar-refractivity contribution in [2.45, 2.75) is 42.8 Å². The van der Waals surface area contributed by atoms with E-state index in [4.69, 9.17) is 27.1 Å². The zero-order valence-corrected chi connectivity index (χ0v) is 18.9. The molecule has 2 N–H and O–H groups in total. The molecule has 0 bridgehead atoms. The van der Waals surface area contributed by atoms with Gasteiger partial charge in [0.2, 0.25) is 5.91 Å². The number of fused-ring (bicyclic) bond motifs is 2. The summed E-state index contributed by atoms with van der Waals surface area (Å²) in [6, 6.07) is 5.94. The average molecular weight is 458 g/mol. The van der Waals surface area contributed by atoms with Gasteiger partial charge >= 0.3 is 0 Å². The summed E-state index contributed by atoms with van der Waals surface area (Å²) < 4.78 is 7.92. The van der Waals surface area contributed by atoms with E-state index in [1.54, 1.807) is 13.1 Å². The summed E-state index contributed by atoms with van der Waals surface area (Å²) in [4.78, 5) is 23.5. The number of benzene rings is 1. The molecular formula is C22H24ClN5O2S. The molecule has 162 valence electrons. The lowest BCUT2D eigenvalue weighted by Gasteiger charge is -2.15. The first-order chi connectivity index (χ1) is 15.0.